The predicted molar refractivity (Wildman–Crippen MR) is 200 cm³/mol. The van der Waals surface area contributed by atoms with Crippen LogP contribution in [0.15, 0.2) is 0 Å². The minimum Gasteiger partial charge on any atom is -0.343 e. The van der Waals surface area contributed by atoms with Crippen molar-refractivity contribution in [3.63, 3.8) is 0 Å². The highest BCUT2D eigenvalue weighted by Gasteiger charge is 2.23. The Labute approximate surface area is 307 Å². The molecule has 18 nitrogen and oxygen atoms in total. The first-order valence-electron chi connectivity index (χ1n) is 19.1. The van der Waals surface area contributed by atoms with Crippen LogP contribution in [0.25, 0.3) is 0 Å². The highest BCUT2D eigenvalue weighted by molar-refractivity contribution is 5.45. The molecule has 1 aromatic heterocycles. The first kappa shape index (κ1) is 47.0. The van der Waals surface area contributed by atoms with Crippen LogP contribution in [0.5, 0.6) is 0 Å². The van der Waals surface area contributed by atoms with E-state index in [0.717, 1.165) is 64.2 Å². The molecule has 0 amide bonds. The van der Waals surface area contributed by atoms with E-state index in [1.807, 2.05) is 0 Å². The molecule has 1 aromatic rings. The van der Waals surface area contributed by atoms with E-state index in [1.165, 1.54) is 0 Å². The maximum atomic E-state index is 6.25. The van der Waals surface area contributed by atoms with E-state index in [2.05, 4.69) is 63.5 Å². The van der Waals surface area contributed by atoms with E-state index in [4.69, 9.17) is 55.2 Å². The van der Waals surface area contributed by atoms with Gasteiger partial charge in [-0.3, -0.25) is 34.1 Å². The lowest BCUT2D eigenvalue weighted by Gasteiger charge is -2.29. The van der Waals surface area contributed by atoms with Crippen LogP contribution in [-0.4, -0.2) is 94.0 Å². The topological polar surface area (TPSA) is 204 Å². The third kappa shape index (κ3) is 23.3. The summed E-state index contributed by atoms with van der Waals surface area (Å²) in [5.74, 6) is 0.842. The van der Waals surface area contributed by atoms with Crippen molar-refractivity contribution in [2.24, 2.45) is 11.5 Å². The molecule has 18 heteroatoms. The summed E-state index contributed by atoms with van der Waals surface area (Å²) in [6, 6.07) is 0. The van der Waals surface area contributed by atoms with Crippen LogP contribution in [0.3, 0.4) is 0 Å². The maximum absolute atomic E-state index is 6.25. The minimum atomic E-state index is -0.472. The molecule has 0 saturated carbocycles. The largest absolute Gasteiger partial charge is 0.343 e. The fourth-order valence-electron chi connectivity index (χ4n) is 4.11. The Morgan fingerprint density at radius 3 is 0.980 bits per heavy atom. The third-order valence-corrected chi connectivity index (χ3v) is 7.30. The number of nitrogens with zero attached hydrogens (tertiary/aromatic N) is 6. The van der Waals surface area contributed by atoms with Gasteiger partial charge >= 0.3 is 0 Å². The fourth-order valence-corrected chi connectivity index (χ4v) is 4.11. The van der Waals surface area contributed by atoms with Gasteiger partial charge < -0.3 is 20.9 Å². The van der Waals surface area contributed by atoms with Gasteiger partial charge in [0.15, 0.2) is 0 Å². The van der Waals surface area contributed by atoms with Crippen LogP contribution in [-0.2, 0) is 28.8 Å². The van der Waals surface area contributed by atoms with Gasteiger partial charge in [0.25, 0.3) is 0 Å². The van der Waals surface area contributed by atoms with Gasteiger partial charge in [-0.1, -0.05) is 80.1 Å². The standard InChI is InChI=1S/C33H72N12O6/c1-7-13-19-36-48-25-43(23-46-29(34)17-11-5)31-40-32(44(24-47-30(35)18-12-6)26-49-37-20-14-8-2)42-33(41-31)45(27-50-38-21-15-9-3)28-51-39-22-16-10-4/h29-30,36-39H,7-28,34-35H2,1-6H3. The Bertz CT molecular complexity index is 865. The zero-order chi connectivity index (χ0) is 37.4. The maximum Gasteiger partial charge on any atom is 0.235 e. The monoisotopic (exact) mass is 733 g/mol. The van der Waals surface area contributed by atoms with Crippen molar-refractivity contribution in [2.45, 2.75) is 131 Å². The van der Waals surface area contributed by atoms with Crippen LogP contribution in [0, 0.1) is 0 Å². The fraction of sp³-hybridized carbons (Fsp3) is 0.909. The number of aromatic nitrogens is 3. The zero-order valence-electron chi connectivity index (χ0n) is 32.5. The van der Waals surface area contributed by atoms with E-state index in [9.17, 15) is 0 Å². The summed E-state index contributed by atoms with van der Waals surface area (Å²) >= 11 is 0. The van der Waals surface area contributed by atoms with Crippen molar-refractivity contribution >= 4 is 17.8 Å². The van der Waals surface area contributed by atoms with Crippen molar-refractivity contribution < 1.29 is 28.8 Å². The second-order valence-electron chi connectivity index (χ2n) is 12.2. The van der Waals surface area contributed by atoms with Gasteiger partial charge in [0.05, 0.1) is 0 Å². The van der Waals surface area contributed by atoms with E-state index < -0.39 is 12.5 Å². The number of unbranched alkanes of at least 4 members (excludes halogenated alkanes) is 4. The Balaban J connectivity index is 3.60. The van der Waals surface area contributed by atoms with E-state index >= 15 is 0 Å². The smallest absolute Gasteiger partial charge is 0.235 e. The molecular weight excluding hydrogens is 660 g/mol. The molecular formula is C33H72N12O6. The predicted octanol–water partition coefficient (Wildman–Crippen LogP) is 3.52. The van der Waals surface area contributed by atoms with Gasteiger partial charge in [-0.25, -0.2) is 21.9 Å². The van der Waals surface area contributed by atoms with Crippen LogP contribution in [0.2, 0.25) is 0 Å². The molecule has 8 N–H and O–H groups in total. The summed E-state index contributed by atoms with van der Waals surface area (Å²) in [4.78, 5) is 43.2. The summed E-state index contributed by atoms with van der Waals surface area (Å²) in [6.45, 7) is 15.8. The molecule has 2 atom stereocenters. The lowest BCUT2D eigenvalue weighted by molar-refractivity contribution is -0.00140. The summed E-state index contributed by atoms with van der Waals surface area (Å²) in [5.41, 5.74) is 24.6. The SMILES string of the molecule is CCCCNOCN(CONCCCC)c1nc(N(CONCCCC)COC(N)CCC)nc(N(CONCCCC)COC(N)CCC)n1. The zero-order valence-corrected chi connectivity index (χ0v) is 32.5. The summed E-state index contributed by atoms with van der Waals surface area (Å²) in [7, 11) is 0. The molecule has 0 aromatic carbocycles. The first-order valence-corrected chi connectivity index (χ1v) is 19.1. The van der Waals surface area contributed by atoms with E-state index in [0.29, 0.717) is 39.0 Å². The van der Waals surface area contributed by atoms with Crippen molar-refractivity contribution in [2.75, 3.05) is 81.3 Å². The first-order chi connectivity index (χ1) is 24.9. The summed E-state index contributed by atoms with van der Waals surface area (Å²) < 4.78 is 12.0. The highest BCUT2D eigenvalue weighted by Crippen LogP contribution is 2.20. The van der Waals surface area contributed by atoms with Gasteiger partial charge in [-0.05, 0) is 38.5 Å². The number of hydroxylamine groups is 4. The molecule has 300 valence electrons. The summed E-state index contributed by atoms with van der Waals surface area (Å²) in [5, 5.41) is 0. The molecule has 0 saturated heterocycles. The Hall–Kier alpha value is -2.07. The molecule has 0 radical (unpaired) electrons. The van der Waals surface area contributed by atoms with Gasteiger partial charge in [0.2, 0.25) is 17.8 Å². The molecule has 1 rings (SSSR count). The number of ether oxygens (including phenoxy) is 2. The minimum absolute atomic E-state index is 0.0661. The van der Waals surface area contributed by atoms with Crippen molar-refractivity contribution in [3.8, 4) is 0 Å². The molecule has 0 aliphatic rings. The number of anilines is 3. The molecule has 2 unspecified atom stereocenters. The van der Waals surface area contributed by atoms with Crippen molar-refractivity contribution in [1.29, 1.82) is 0 Å². The molecule has 0 aliphatic carbocycles. The second kappa shape index (κ2) is 32.6. The van der Waals surface area contributed by atoms with Gasteiger partial charge in [0, 0.05) is 26.2 Å². The molecule has 0 fully saturated rings. The Kier molecular flexibility index (Phi) is 30.0. The van der Waals surface area contributed by atoms with Crippen molar-refractivity contribution in [3.05, 3.63) is 0 Å². The quantitative estimate of drug-likeness (QED) is 0.0329. The Morgan fingerprint density at radius 2 is 0.725 bits per heavy atom. The number of hydrogen-bond donors (Lipinski definition) is 6. The highest BCUT2D eigenvalue weighted by atomic mass is 16.7. The number of nitrogens with two attached hydrogens (primary N) is 2. The number of nitrogens with one attached hydrogen (secondary N) is 4. The Morgan fingerprint density at radius 1 is 0.451 bits per heavy atom. The molecule has 0 aliphatic heterocycles. The van der Waals surface area contributed by atoms with Crippen LogP contribution < -0.4 is 48.1 Å². The average Bonchev–Trinajstić information content (AvgIpc) is 3.12. The number of rotatable bonds is 37. The molecule has 0 spiro atoms. The van der Waals surface area contributed by atoms with Gasteiger partial charge in [-0.2, -0.15) is 15.0 Å². The summed E-state index contributed by atoms with van der Waals surface area (Å²) in [6.07, 6.45) is 10.2. The van der Waals surface area contributed by atoms with Gasteiger partial charge in [0.1, 0.15) is 52.8 Å². The lowest BCUT2D eigenvalue weighted by Crippen LogP contribution is -2.41. The lowest BCUT2D eigenvalue weighted by atomic mass is 10.3. The second-order valence-corrected chi connectivity index (χ2v) is 12.2. The average molecular weight is 733 g/mol. The molecule has 51 heavy (non-hydrogen) atoms. The van der Waals surface area contributed by atoms with E-state index in [-0.39, 0.29) is 58.2 Å². The molecule has 1 heterocycles. The van der Waals surface area contributed by atoms with E-state index in [1.54, 1.807) is 14.7 Å². The third-order valence-electron chi connectivity index (χ3n) is 7.30. The van der Waals surface area contributed by atoms with Crippen molar-refractivity contribution in [1.82, 2.24) is 36.9 Å². The normalized spacial score (nSPS) is 12.7. The molecule has 0 bridgehead atoms. The van der Waals surface area contributed by atoms with Crippen LogP contribution >= 0.6 is 0 Å². The number of hydrogen-bond acceptors (Lipinski definition) is 18. The van der Waals surface area contributed by atoms with Crippen LogP contribution in [0.1, 0.15) is 119 Å². The van der Waals surface area contributed by atoms with Gasteiger partial charge in [-0.15, -0.1) is 0 Å². The van der Waals surface area contributed by atoms with Crippen LogP contribution in [0.4, 0.5) is 17.8 Å².